The van der Waals surface area contributed by atoms with Crippen LogP contribution in [0.1, 0.15) is 112 Å². The van der Waals surface area contributed by atoms with Crippen LogP contribution in [0.2, 0.25) is 0 Å². The molecule has 1 aromatic carbocycles. The van der Waals surface area contributed by atoms with Crippen LogP contribution in [-0.2, 0) is 19.6 Å². The number of ether oxygens (including phenoxy) is 2. The third-order valence-corrected chi connectivity index (χ3v) is 6.40. The lowest BCUT2D eigenvalue weighted by Crippen LogP contribution is -2.16. The number of carbonyl (C=O) groups is 2. The van der Waals surface area contributed by atoms with Gasteiger partial charge >= 0.3 is 11.9 Å². The van der Waals surface area contributed by atoms with Crippen molar-refractivity contribution in [3.05, 3.63) is 53.6 Å². The van der Waals surface area contributed by atoms with Crippen LogP contribution in [0.3, 0.4) is 0 Å². The normalized spacial score (nSPS) is 11.9. The van der Waals surface area contributed by atoms with Crippen LogP contribution in [-0.4, -0.2) is 38.1 Å². The lowest BCUT2D eigenvalue weighted by Gasteiger charge is -2.10. The molecule has 0 aliphatic carbocycles. The maximum Gasteiger partial charge on any atom is 0.339 e. The second kappa shape index (κ2) is 18.8. The van der Waals surface area contributed by atoms with E-state index in [1.807, 2.05) is 18.2 Å². The number of allylic oxidation sites excluding steroid dienone is 2. The van der Waals surface area contributed by atoms with Crippen molar-refractivity contribution in [2.75, 3.05) is 13.2 Å². The van der Waals surface area contributed by atoms with E-state index in [0.29, 0.717) is 12.8 Å². The van der Waals surface area contributed by atoms with Gasteiger partial charge in [0.1, 0.15) is 0 Å². The van der Waals surface area contributed by atoms with E-state index < -0.39 is 27.0 Å². The van der Waals surface area contributed by atoms with E-state index in [1.54, 1.807) is 0 Å². The largest absolute Gasteiger partial charge is 0.462 e. The third-order valence-electron chi connectivity index (χ3n) is 5.55. The van der Waals surface area contributed by atoms with Gasteiger partial charge in [-0.05, 0) is 56.7 Å². The molecular weight excluding hydrogens is 480 g/mol. The van der Waals surface area contributed by atoms with Gasteiger partial charge in [0, 0.05) is 0 Å². The number of unbranched alkanes of at least 4 members (excludes halogenated alkanes) is 8. The predicted molar refractivity (Wildman–Crippen MR) is 142 cm³/mol. The van der Waals surface area contributed by atoms with Gasteiger partial charge in [0.05, 0.1) is 29.2 Å². The van der Waals surface area contributed by atoms with Crippen molar-refractivity contribution < 1.29 is 32.0 Å². The molecule has 0 radical (unpaired) electrons. The number of rotatable bonds is 19. The first-order valence-electron chi connectivity index (χ1n) is 13.1. The van der Waals surface area contributed by atoms with Gasteiger partial charge in [-0.3, -0.25) is 4.55 Å². The van der Waals surface area contributed by atoms with E-state index in [-0.39, 0.29) is 24.3 Å². The van der Waals surface area contributed by atoms with Crippen molar-refractivity contribution in [2.45, 2.75) is 95.8 Å². The zero-order valence-corrected chi connectivity index (χ0v) is 22.6. The van der Waals surface area contributed by atoms with E-state index >= 15 is 0 Å². The van der Waals surface area contributed by atoms with Gasteiger partial charge in [-0.15, -0.1) is 0 Å². The zero-order chi connectivity index (χ0) is 26.7. The monoisotopic (exact) mass is 522 g/mol. The Kier molecular flexibility index (Phi) is 16.5. The Morgan fingerprint density at radius 1 is 0.722 bits per heavy atom. The number of hydrogen-bond acceptors (Lipinski definition) is 6. The van der Waals surface area contributed by atoms with Crippen LogP contribution in [0.4, 0.5) is 0 Å². The minimum atomic E-state index is -4.56. The van der Waals surface area contributed by atoms with Gasteiger partial charge in [-0.1, -0.05) is 76.7 Å². The minimum absolute atomic E-state index is 0.0813. The molecule has 202 valence electrons. The molecule has 1 N–H and O–H groups in total. The average Bonchev–Trinajstić information content (AvgIpc) is 2.85. The fraction of sp³-hybridized carbons (Fsp3) is 0.571. The maximum absolute atomic E-state index is 12.6. The Bertz CT molecular complexity index is 949. The molecule has 0 saturated carbocycles. The quantitative estimate of drug-likeness (QED) is 0.0895. The Morgan fingerprint density at radius 2 is 1.19 bits per heavy atom. The number of benzene rings is 1. The van der Waals surface area contributed by atoms with Crippen molar-refractivity contribution in [1.82, 2.24) is 0 Å². The highest BCUT2D eigenvalue weighted by molar-refractivity contribution is 7.85. The van der Waals surface area contributed by atoms with Gasteiger partial charge in [0.15, 0.2) is 0 Å². The molecule has 0 saturated heterocycles. The number of esters is 2. The summed E-state index contributed by atoms with van der Waals surface area (Å²) in [5.74, 6) is -1.61. The topological polar surface area (TPSA) is 107 Å². The minimum Gasteiger partial charge on any atom is -0.462 e. The molecule has 36 heavy (non-hydrogen) atoms. The van der Waals surface area contributed by atoms with E-state index in [9.17, 15) is 22.6 Å². The number of hydrogen-bond donors (Lipinski definition) is 1. The predicted octanol–water partition coefficient (Wildman–Crippen LogP) is 7.08. The average molecular weight is 523 g/mol. The Hall–Kier alpha value is -2.45. The lowest BCUT2D eigenvalue weighted by atomic mass is 10.1. The Balaban J connectivity index is 2.66. The summed E-state index contributed by atoms with van der Waals surface area (Å²) in [6.07, 6.45) is 20.4. The fourth-order valence-corrected chi connectivity index (χ4v) is 3.98. The van der Waals surface area contributed by atoms with Crippen LogP contribution in [0.15, 0.2) is 47.4 Å². The molecular formula is C28H42O7S. The van der Waals surface area contributed by atoms with Crippen molar-refractivity contribution in [3.8, 4) is 0 Å². The first-order chi connectivity index (χ1) is 17.3. The summed E-state index contributed by atoms with van der Waals surface area (Å²) < 4.78 is 42.9. The van der Waals surface area contributed by atoms with Crippen molar-refractivity contribution >= 4 is 22.1 Å². The maximum atomic E-state index is 12.6. The first-order valence-corrected chi connectivity index (χ1v) is 14.5. The van der Waals surface area contributed by atoms with E-state index in [1.165, 1.54) is 38.5 Å². The molecule has 0 fully saturated rings. The Labute approximate surface area is 216 Å². The molecule has 1 rings (SSSR count). The SMILES string of the molecule is CCCCCC/C=C/CCOC(=O)c1ccc(S(=O)(=O)O)cc1C(=O)OCC/C=C/CCCCCC. The molecule has 0 aliphatic rings. The summed E-state index contributed by atoms with van der Waals surface area (Å²) in [5, 5.41) is 0. The highest BCUT2D eigenvalue weighted by atomic mass is 32.2. The summed E-state index contributed by atoms with van der Waals surface area (Å²) in [6, 6.07) is 3.15. The lowest BCUT2D eigenvalue weighted by molar-refractivity contribution is 0.0464. The van der Waals surface area contributed by atoms with Crippen LogP contribution in [0.25, 0.3) is 0 Å². The van der Waals surface area contributed by atoms with E-state index in [4.69, 9.17) is 9.47 Å². The van der Waals surface area contributed by atoms with Crippen LogP contribution >= 0.6 is 0 Å². The zero-order valence-electron chi connectivity index (χ0n) is 21.7. The van der Waals surface area contributed by atoms with Gasteiger partial charge < -0.3 is 9.47 Å². The molecule has 0 spiro atoms. The summed E-state index contributed by atoms with van der Waals surface area (Å²) in [6.45, 7) is 4.54. The summed E-state index contributed by atoms with van der Waals surface area (Å²) in [5.41, 5.74) is -0.368. The molecule has 0 unspecified atom stereocenters. The van der Waals surface area contributed by atoms with Crippen LogP contribution < -0.4 is 0 Å². The Morgan fingerprint density at radius 3 is 1.67 bits per heavy atom. The molecule has 0 aromatic heterocycles. The first kappa shape index (κ1) is 31.6. The molecule has 8 heteroatoms. The molecule has 0 amide bonds. The number of carbonyl (C=O) groups excluding carboxylic acids is 2. The van der Waals surface area contributed by atoms with Crippen molar-refractivity contribution in [2.24, 2.45) is 0 Å². The van der Waals surface area contributed by atoms with Gasteiger partial charge in [0.2, 0.25) is 0 Å². The van der Waals surface area contributed by atoms with Crippen molar-refractivity contribution in [3.63, 3.8) is 0 Å². The molecule has 0 heterocycles. The summed E-state index contributed by atoms with van der Waals surface area (Å²) in [7, 11) is -4.56. The molecule has 0 aliphatic heterocycles. The van der Waals surface area contributed by atoms with Gasteiger partial charge in [0.25, 0.3) is 10.1 Å². The highest BCUT2D eigenvalue weighted by Crippen LogP contribution is 2.19. The van der Waals surface area contributed by atoms with Gasteiger partial charge in [-0.25, -0.2) is 9.59 Å². The fourth-order valence-electron chi connectivity index (χ4n) is 3.47. The standard InChI is InChI=1S/C28H42O7S/c1-3-5-7-9-11-13-15-17-21-34-27(29)25-20-19-24(36(31,32)33)23-26(25)28(30)35-22-18-16-14-12-10-8-6-4-2/h13-16,19-20,23H,3-12,17-18,21-22H2,1-2H3,(H,31,32,33)/b15-13+,16-14+. The summed E-state index contributed by atoms with van der Waals surface area (Å²) >= 11 is 0. The van der Waals surface area contributed by atoms with Crippen LogP contribution in [0, 0.1) is 0 Å². The van der Waals surface area contributed by atoms with Crippen molar-refractivity contribution in [1.29, 1.82) is 0 Å². The van der Waals surface area contributed by atoms with E-state index in [0.717, 1.165) is 43.9 Å². The second-order valence-corrected chi connectivity index (χ2v) is 10.1. The molecule has 0 bridgehead atoms. The molecule has 7 nitrogen and oxygen atoms in total. The second-order valence-electron chi connectivity index (χ2n) is 8.67. The molecule has 1 aromatic rings. The van der Waals surface area contributed by atoms with Crippen LogP contribution in [0.5, 0.6) is 0 Å². The van der Waals surface area contributed by atoms with Gasteiger partial charge in [-0.2, -0.15) is 8.42 Å². The molecule has 0 atom stereocenters. The third kappa shape index (κ3) is 13.6. The smallest absolute Gasteiger partial charge is 0.339 e. The highest BCUT2D eigenvalue weighted by Gasteiger charge is 2.23. The summed E-state index contributed by atoms with van der Waals surface area (Å²) in [4.78, 5) is 24.7. The van der Waals surface area contributed by atoms with E-state index in [2.05, 4.69) is 19.9 Å².